The fourth-order valence-corrected chi connectivity index (χ4v) is 5.08. The molecule has 1 aliphatic heterocycles. The van der Waals surface area contributed by atoms with Gasteiger partial charge in [0, 0.05) is 12.1 Å². The van der Waals surface area contributed by atoms with E-state index in [0.29, 0.717) is 4.90 Å². The van der Waals surface area contributed by atoms with Crippen molar-refractivity contribution in [2.75, 3.05) is 5.75 Å². The van der Waals surface area contributed by atoms with E-state index in [9.17, 15) is 13.5 Å². The third-order valence-corrected chi connectivity index (χ3v) is 6.22. The minimum Gasteiger partial charge on any atom is -0.392 e. The highest BCUT2D eigenvalue weighted by Crippen LogP contribution is 2.34. The fourth-order valence-electron chi connectivity index (χ4n) is 3.33. The molecule has 20 heavy (non-hydrogen) atoms. The van der Waals surface area contributed by atoms with Gasteiger partial charge in [-0.2, -0.15) is 0 Å². The zero-order valence-corrected chi connectivity index (χ0v) is 12.3. The number of hydrogen-bond donors (Lipinski definition) is 2. The van der Waals surface area contributed by atoms with E-state index >= 15 is 0 Å². The van der Waals surface area contributed by atoms with Crippen molar-refractivity contribution in [1.29, 1.82) is 0 Å². The summed E-state index contributed by atoms with van der Waals surface area (Å²) < 4.78 is 24.3. The van der Waals surface area contributed by atoms with Crippen LogP contribution in [0.2, 0.25) is 0 Å². The largest absolute Gasteiger partial charge is 0.392 e. The van der Waals surface area contributed by atoms with Crippen molar-refractivity contribution in [1.82, 2.24) is 5.32 Å². The Morgan fingerprint density at radius 1 is 1.10 bits per heavy atom. The number of aliphatic hydroxyl groups is 1. The van der Waals surface area contributed by atoms with E-state index in [-0.39, 0.29) is 23.9 Å². The third-order valence-electron chi connectivity index (χ3n) is 4.41. The van der Waals surface area contributed by atoms with Crippen LogP contribution in [0.1, 0.15) is 43.7 Å². The van der Waals surface area contributed by atoms with Crippen molar-refractivity contribution in [2.24, 2.45) is 0 Å². The van der Waals surface area contributed by atoms with Crippen LogP contribution in [0.4, 0.5) is 0 Å². The van der Waals surface area contributed by atoms with E-state index in [1.807, 2.05) is 12.1 Å². The Morgan fingerprint density at radius 3 is 2.70 bits per heavy atom. The standard InChI is InChI=1S/C15H21NO3S/c17-14-8-3-1-2-7-12(14)16-13-10-20(18,19)15-9-5-4-6-11(13)15/h4-6,9,12-14,16-17H,1-3,7-8,10H2. The summed E-state index contributed by atoms with van der Waals surface area (Å²) in [6, 6.07) is 7.01. The van der Waals surface area contributed by atoms with Crippen LogP contribution in [0, 0.1) is 0 Å². The van der Waals surface area contributed by atoms with Crippen LogP contribution in [-0.2, 0) is 9.84 Å². The van der Waals surface area contributed by atoms with Gasteiger partial charge in [0.05, 0.1) is 16.8 Å². The van der Waals surface area contributed by atoms with Gasteiger partial charge in [-0.05, 0) is 24.5 Å². The first-order valence-electron chi connectivity index (χ1n) is 7.34. The van der Waals surface area contributed by atoms with Gasteiger partial charge in [0.15, 0.2) is 9.84 Å². The number of sulfone groups is 1. The minimum absolute atomic E-state index is 0.00357. The monoisotopic (exact) mass is 295 g/mol. The first-order chi connectivity index (χ1) is 9.58. The quantitative estimate of drug-likeness (QED) is 0.817. The van der Waals surface area contributed by atoms with Crippen molar-refractivity contribution < 1.29 is 13.5 Å². The minimum atomic E-state index is -3.18. The smallest absolute Gasteiger partial charge is 0.180 e. The van der Waals surface area contributed by atoms with Gasteiger partial charge in [-0.3, -0.25) is 0 Å². The molecule has 1 aromatic carbocycles. The number of rotatable bonds is 2. The van der Waals surface area contributed by atoms with Crippen LogP contribution in [0.25, 0.3) is 0 Å². The normalized spacial score (nSPS) is 32.5. The molecular weight excluding hydrogens is 274 g/mol. The molecule has 1 saturated carbocycles. The molecule has 0 spiro atoms. The maximum absolute atomic E-state index is 12.2. The Morgan fingerprint density at radius 2 is 1.85 bits per heavy atom. The molecule has 1 aromatic rings. The van der Waals surface area contributed by atoms with E-state index < -0.39 is 9.84 Å². The van der Waals surface area contributed by atoms with E-state index in [0.717, 1.165) is 37.7 Å². The molecule has 0 aromatic heterocycles. The Labute approximate surface area is 120 Å². The first kappa shape index (κ1) is 14.0. The van der Waals surface area contributed by atoms with E-state index in [1.54, 1.807) is 12.1 Å². The maximum Gasteiger partial charge on any atom is 0.180 e. The maximum atomic E-state index is 12.2. The average Bonchev–Trinajstić information content (AvgIpc) is 2.56. The molecule has 1 heterocycles. The summed E-state index contributed by atoms with van der Waals surface area (Å²) in [5.41, 5.74) is 0.851. The van der Waals surface area contributed by atoms with Gasteiger partial charge in [-0.15, -0.1) is 0 Å². The zero-order valence-electron chi connectivity index (χ0n) is 11.5. The van der Waals surface area contributed by atoms with E-state index in [1.165, 1.54) is 0 Å². The van der Waals surface area contributed by atoms with E-state index in [2.05, 4.69) is 5.32 Å². The van der Waals surface area contributed by atoms with Gasteiger partial charge >= 0.3 is 0 Å². The van der Waals surface area contributed by atoms with Crippen molar-refractivity contribution in [3.8, 4) is 0 Å². The molecule has 4 nitrogen and oxygen atoms in total. The van der Waals surface area contributed by atoms with Crippen LogP contribution < -0.4 is 5.32 Å². The molecule has 0 bridgehead atoms. The van der Waals surface area contributed by atoms with Gasteiger partial charge in [-0.25, -0.2) is 8.42 Å². The zero-order chi connectivity index (χ0) is 14.2. The molecule has 2 N–H and O–H groups in total. The van der Waals surface area contributed by atoms with Crippen LogP contribution in [0.15, 0.2) is 29.2 Å². The van der Waals surface area contributed by atoms with Crippen LogP contribution >= 0.6 is 0 Å². The molecule has 0 radical (unpaired) electrons. The number of nitrogens with one attached hydrogen (secondary N) is 1. The predicted octanol–water partition coefficient (Wildman–Crippen LogP) is 1.80. The van der Waals surface area contributed by atoms with Crippen molar-refractivity contribution in [2.45, 2.75) is 55.2 Å². The summed E-state index contributed by atoms with van der Waals surface area (Å²) in [6.45, 7) is 0. The average molecular weight is 295 g/mol. The summed E-state index contributed by atoms with van der Waals surface area (Å²) in [4.78, 5) is 0.445. The van der Waals surface area contributed by atoms with Crippen molar-refractivity contribution in [3.63, 3.8) is 0 Å². The van der Waals surface area contributed by atoms with Crippen molar-refractivity contribution >= 4 is 9.84 Å². The molecule has 110 valence electrons. The molecule has 5 heteroatoms. The lowest BCUT2D eigenvalue weighted by Gasteiger charge is -2.25. The highest BCUT2D eigenvalue weighted by molar-refractivity contribution is 7.91. The van der Waals surface area contributed by atoms with Gasteiger partial charge in [0.1, 0.15) is 0 Å². The number of benzene rings is 1. The molecule has 3 rings (SSSR count). The molecule has 0 amide bonds. The molecule has 1 fully saturated rings. The van der Waals surface area contributed by atoms with Crippen LogP contribution in [-0.4, -0.2) is 31.4 Å². The third kappa shape index (κ3) is 2.62. The van der Waals surface area contributed by atoms with Gasteiger partial charge in [0.25, 0.3) is 0 Å². The first-order valence-corrected chi connectivity index (χ1v) is 8.99. The second-order valence-corrected chi connectivity index (χ2v) is 7.85. The summed E-state index contributed by atoms with van der Waals surface area (Å²) >= 11 is 0. The van der Waals surface area contributed by atoms with E-state index in [4.69, 9.17) is 0 Å². The summed E-state index contributed by atoms with van der Waals surface area (Å²) in [6.07, 6.45) is 4.65. The number of aliphatic hydroxyl groups excluding tert-OH is 1. The topological polar surface area (TPSA) is 66.4 Å². The Balaban J connectivity index is 1.82. The van der Waals surface area contributed by atoms with Crippen molar-refractivity contribution in [3.05, 3.63) is 29.8 Å². The van der Waals surface area contributed by atoms with Gasteiger partial charge < -0.3 is 10.4 Å². The molecule has 2 aliphatic rings. The van der Waals surface area contributed by atoms with Crippen LogP contribution in [0.5, 0.6) is 0 Å². The lowest BCUT2D eigenvalue weighted by Crippen LogP contribution is -2.41. The number of hydrogen-bond acceptors (Lipinski definition) is 4. The predicted molar refractivity (Wildman–Crippen MR) is 77.3 cm³/mol. The molecule has 3 unspecified atom stereocenters. The Kier molecular flexibility index (Phi) is 3.84. The second-order valence-electron chi connectivity index (χ2n) is 5.85. The molecule has 3 atom stereocenters. The lowest BCUT2D eigenvalue weighted by atomic mass is 10.0. The highest BCUT2D eigenvalue weighted by Gasteiger charge is 2.36. The van der Waals surface area contributed by atoms with Crippen LogP contribution in [0.3, 0.4) is 0 Å². The second kappa shape index (κ2) is 5.47. The number of fused-ring (bicyclic) bond motifs is 1. The molecular formula is C15H21NO3S. The Bertz CT molecular complexity index is 585. The summed E-state index contributed by atoms with van der Waals surface area (Å²) in [7, 11) is -3.18. The fraction of sp³-hybridized carbons (Fsp3) is 0.600. The molecule has 1 aliphatic carbocycles. The summed E-state index contributed by atoms with van der Waals surface area (Å²) in [5, 5.41) is 13.6. The highest BCUT2D eigenvalue weighted by atomic mass is 32.2. The van der Waals surface area contributed by atoms with Gasteiger partial charge in [-0.1, -0.05) is 37.5 Å². The lowest BCUT2D eigenvalue weighted by molar-refractivity contribution is 0.115. The summed E-state index contributed by atoms with van der Waals surface area (Å²) in [5.74, 6) is 0.107. The Hall–Kier alpha value is -0.910. The van der Waals surface area contributed by atoms with Gasteiger partial charge in [0.2, 0.25) is 0 Å². The molecule has 0 saturated heterocycles. The SMILES string of the molecule is O=S1(=O)CC(NC2CCCCCC2O)c2ccccc21.